The van der Waals surface area contributed by atoms with Gasteiger partial charge in [-0.25, -0.2) is 14.4 Å². The Morgan fingerprint density at radius 3 is 2.72 bits per heavy atom. The average Bonchev–Trinajstić information content (AvgIpc) is 2.41. The number of halogens is 1. The highest BCUT2D eigenvalue weighted by Crippen LogP contribution is 2.06. The number of aromatic nitrogens is 2. The lowest BCUT2D eigenvalue weighted by atomic mass is 10.1. The monoisotopic (exact) mass is 242 g/mol. The second kappa shape index (κ2) is 5.73. The summed E-state index contributed by atoms with van der Waals surface area (Å²) in [6, 6.07) is 9.91. The van der Waals surface area contributed by atoms with Crippen LogP contribution >= 0.6 is 0 Å². The second-order valence-corrected chi connectivity index (χ2v) is 3.70. The summed E-state index contributed by atoms with van der Waals surface area (Å²) in [5, 5.41) is 11.8. The van der Waals surface area contributed by atoms with Crippen LogP contribution in [0.3, 0.4) is 0 Å². The first-order valence-electron chi connectivity index (χ1n) is 5.48. The summed E-state index contributed by atoms with van der Waals surface area (Å²) in [6.07, 6.45) is 2.10. The normalized spacial score (nSPS) is 9.78. The maximum absolute atomic E-state index is 12.7. The molecule has 0 saturated heterocycles. The Hall–Kier alpha value is -2.48. The van der Waals surface area contributed by atoms with Crippen LogP contribution in [0.2, 0.25) is 0 Å². The van der Waals surface area contributed by atoms with Gasteiger partial charge in [-0.15, -0.1) is 0 Å². The van der Waals surface area contributed by atoms with Crippen LogP contribution in [0.1, 0.15) is 11.3 Å². The van der Waals surface area contributed by atoms with Crippen molar-refractivity contribution < 1.29 is 4.39 Å². The number of nitrogens with one attached hydrogen (secondary N) is 1. The fourth-order valence-corrected chi connectivity index (χ4v) is 1.50. The van der Waals surface area contributed by atoms with Gasteiger partial charge in [-0.2, -0.15) is 5.26 Å². The highest BCUT2D eigenvalue weighted by Gasteiger charge is 1.98. The van der Waals surface area contributed by atoms with E-state index in [4.69, 9.17) is 5.26 Å². The first-order chi connectivity index (χ1) is 8.78. The summed E-state index contributed by atoms with van der Waals surface area (Å²) in [6.45, 7) is 0.660. The Morgan fingerprint density at radius 1 is 1.22 bits per heavy atom. The van der Waals surface area contributed by atoms with E-state index in [0.717, 1.165) is 12.0 Å². The summed E-state index contributed by atoms with van der Waals surface area (Å²) in [4.78, 5) is 7.78. The quantitative estimate of drug-likeness (QED) is 0.892. The van der Waals surface area contributed by atoms with Crippen LogP contribution < -0.4 is 5.32 Å². The number of nitriles is 1. The summed E-state index contributed by atoms with van der Waals surface area (Å²) in [7, 11) is 0. The number of hydrogen-bond donors (Lipinski definition) is 1. The van der Waals surface area contributed by atoms with Crippen LogP contribution in [-0.2, 0) is 6.42 Å². The second-order valence-electron chi connectivity index (χ2n) is 3.70. The molecule has 0 radical (unpaired) electrons. The molecule has 1 aromatic heterocycles. The van der Waals surface area contributed by atoms with Crippen LogP contribution in [0.4, 0.5) is 10.2 Å². The van der Waals surface area contributed by atoms with Crippen LogP contribution in [0.15, 0.2) is 36.7 Å². The van der Waals surface area contributed by atoms with Gasteiger partial charge in [-0.3, -0.25) is 0 Å². The van der Waals surface area contributed by atoms with E-state index in [1.807, 2.05) is 6.07 Å². The third kappa shape index (κ3) is 3.25. The molecule has 0 unspecified atom stereocenters. The van der Waals surface area contributed by atoms with Gasteiger partial charge in [-0.1, -0.05) is 12.1 Å². The van der Waals surface area contributed by atoms with E-state index in [2.05, 4.69) is 15.3 Å². The molecular weight excluding hydrogens is 231 g/mol. The van der Waals surface area contributed by atoms with Crippen molar-refractivity contribution in [3.63, 3.8) is 0 Å². The van der Waals surface area contributed by atoms with Gasteiger partial charge in [0.25, 0.3) is 0 Å². The van der Waals surface area contributed by atoms with Gasteiger partial charge in [0.15, 0.2) is 0 Å². The molecule has 0 spiro atoms. The average molecular weight is 242 g/mol. The molecule has 0 saturated carbocycles. The van der Waals surface area contributed by atoms with Gasteiger partial charge >= 0.3 is 0 Å². The first kappa shape index (κ1) is 12.0. The van der Waals surface area contributed by atoms with Crippen molar-refractivity contribution in [1.82, 2.24) is 9.97 Å². The van der Waals surface area contributed by atoms with Crippen LogP contribution in [-0.4, -0.2) is 16.5 Å². The lowest BCUT2D eigenvalue weighted by Crippen LogP contribution is -2.06. The Kier molecular flexibility index (Phi) is 3.82. The minimum atomic E-state index is -0.235. The molecule has 0 aliphatic rings. The maximum atomic E-state index is 12.7. The third-order valence-corrected chi connectivity index (χ3v) is 2.41. The zero-order chi connectivity index (χ0) is 12.8. The zero-order valence-corrected chi connectivity index (χ0v) is 9.60. The lowest BCUT2D eigenvalue weighted by Gasteiger charge is -2.05. The Bertz CT molecular complexity index is 560. The van der Waals surface area contributed by atoms with Crippen molar-refractivity contribution in [2.24, 2.45) is 0 Å². The molecule has 5 heteroatoms. The molecule has 1 N–H and O–H groups in total. The van der Waals surface area contributed by atoms with Crippen molar-refractivity contribution in [3.8, 4) is 6.07 Å². The molecule has 90 valence electrons. The predicted octanol–water partition coefficient (Wildman–Crippen LogP) is 2.14. The molecule has 0 bridgehead atoms. The Balaban J connectivity index is 1.88. The minimum absolute atomic E-state index is 0.235. The SMILES string of the molecule is N#Cc1cc(NCCc2ccc(F)cc2)ncn1. The highest BCUT2D eigenvalue weighted by molar-refractivity contribution is 5.38. The molecule has 18 heavy (non-hydrogen) atoms. The number of hydrogen-bond acceptors (Lipinski definition) is 4. The van der Waals surface area contributed by atoms with Gasteiger partial charge in [-0.05, 0) is 24.1 Å². The van der Waals surface area contributed by atoms with Gasteiger partial charge in [0.1, 0.15) is 29.7 Å². The van der Waals surface area contributed by atoms with Crippen molar-refractivity contribution in [1.29, 1.82) is 5.26 Å². The van der Waals surface area contributed by atoms with Crippen LogP contribution in [0.5, 0.6) is 0 Å². The van der Waals surface area contributed by atoms with Gasteiger partial charge in [0.2, 0.25) is 0 Å². The van der Waals surface area contributed by atoms with E-state index in [9.17, 15) is 4.39 Å². The third-order valence-electron chi connectivity index (χ3n) is 2.41. The number of benzene rings is 1. The lowest BCUT2D eigenvalue weighted by molar-refractivity contribution is 0.627. The number of anilines is 1. The summed E-state index contributed by atoms with van der Waals surface area (Å²) < 4.78 is 12.7. The molecule has 4 nitrogen and oxygen atoms in total. The minimum Gasteiger partial charge on any atom is -0.370 e. The fraction of sp³-hybridized carbons (Fsp3) is 0.154. The fourth-order valence-electron chi connectivity index (χ4n) is 1.50. The summed E-state index contributed by atoms with van der Waals surface area (Å²) >= 11 is 0. The molecule has 0 aliphatic heterocycles. The standard InChI is InChI=1S/C13H11FN4/c14-11-3-1-10(2-4-11)5-6-16-13-7-12(8-15)17-9-18-13/h1-4,7,9H,5-6H2,(H,16,17,18). The molecule has 0 amide bonds. The van der Waals surface area contributed by atoms with Crippen molar-refractivity contribution >= 4 is 5.82 Å². The Labute approximate surface area is 104 Å². The van der Waals surface area contributed by atoms with Crippen molar-refractivity contribution in [2.75, 3.05) is 11.9 Å². The molecule has 0 aliphatic carbocycles. The molecule has 2 rings (SSSR count). The molecule has 1 aromatic carbocycles. The molecule has 1 heterocycles. The van der Waals surface area contributed by atoms with Gasteiger partial charge in [0, 0.05) is 12.6 Å². The van der Waals surface area contributed by atoms with E-state index >= 15 is 0 Å². The molecule has 2 aromatic rings. The van der Waals surface area contributed by atoms with Crippen molar-refractivity contribution in [3.05, 3.63) is 53.7 Å². The van der Waals surface area contributed by atoms with E-state index in [1.54, 1.807) is 18.2 Å². The largest absolute Gasteiger partial charge is 0.370 e. The van der Waals surface area contributed by atoms with E-state index in [0.29, 0.717) is 18.1 Å². The number of nitrogens with zero attached hydrogens (tertiary/aromatic N) is 3. The van der Waals surface area contributed by atoms with E-state index in [1.165, 1.54) is 18.5 Å². The summed E-state index contributed by atoms with van der Waals surface area (Å²) in [5.74, 6) is 0.379. The van der Waals surface area contributed by atoms with Gasteiger partial charge < -0.3 is 5.32 Å². The Morgan fingerprint density at radius 2 is 2.00 bits per heavy atom. The zero-order valence-electron chi connectivity index (χ0n) is 9.60. The molecular formula is C13H11FN4. The topological polar surface area (TPSA) is 61.6 Å². The highest BCUT2D eigenvalue weighted by atomic mass is 19.1. The molecule has 0 fully saturated rings. The summed E-state index contributed by atoms with van der Waals surface area (Å²) in [5.41, 5.74) is 1.37. The van der Waals surface area contributed by atoms with E-state index < -0.39 is 0 Å². The smallest absolute Gasteiger partial charge is 0.145 e. The van der Waals surface area contributed by atoms with Crippen LogP contribution in [0, 0.1) is 17.1 Å². The first-order valence-corrected chi connectivity index (χ1v) is 5.48. The maximum Gasteiger partial charge on any atom is 0.145 e. The molecule has 0 atom stereocenters. The predicted molar refractivity (Wildman–Crippen MR) is 65.3 cm³/mol. The van der Waals surface area contributed by atoms with E-state index in [-0.39, 0.29) is 5.82 Å². The van der Waals surface area contributed by atoms with Gasteiger partial charge in [0.05, 0.1) is 0 Å². The van der Waals surface area contributed by atoms with Crippen molar-refractivity contribution in [2.45, 2.75) is 6.42 Å². The number of rotatable bonds is 4. The van der Waals surface area contributed by atoms with Crippen LogP contribution in [0.25, 0.3) is 0 Å².